The molecular weight excluding hydrogens is 152 g/mol. The normalized spacial score (nSPS) is 8.12. The molecule has 0 aromatic carbocycles. The van der Waals surface area contributed by atoms with Crippen LogP contribution in [0.1, 0.15) is 6.42 Å². The van der Waals surface area contributed by atoms with Gasteiger partial charge in [0.2, 0.25) is 15.5 Å². The standard InChI is InChI=1S/C3H3ClO3S/c4-3(5)1-2-8(6)7/h2H,1H2. The fourth-order valence-corrected chi connectivity index (χ4v) is 0.590. The topological polar surface area (TPSA) is 51.2 Å². The van der Waals surface area contributed by atoms with Crippen LogP contribution in [-0.2, 0) is 15.1 Å². The Bertz CT molecular complexity index is 195. The summed E-state index contributed by atoms with van der Waals surface area (Å²) in [4.78, 5) is 9.81. The summed E-state index contributed by atoms with van der Waals surface area (Å²) in [5, 5.41) is 0.129. The molecule has 0 aromatic heterocycles. The Balaban J connectivity index is 3.81. The molecular formula is C3H3ClO3S. The first-order valence-corrected chi connectivity index (χ1v) is 3.24. The van der Waals surface area contributed by atoms with Crippen molar-refractivity contribution in [2.45, 2.75) is 6.42 Å². The molecule has 0 saturated heterocycles. The summed E-state index contributed by atoms with van der Waals surface area (Å²) in [6.45, 7) is 0. The molecule has 0 saturated carbocycles. The van der Waals surface area contributed by atoms with Crippen LogP contribution >= 0.6 is 11.6 Å². The smallest absolute Gasteiger partial charge is 0.226 e. The van der Waals surface area contributed by atoms with Crippen molar-refractivity contribution in [3.63, 3.8) is 0 Å². The Morgan fingerprint density at radius 3 is 2.25 bits per heavy atom. The molecule has 3 nitrogen and oxygen atoms in total. The van der Waals surface area contributed by atoms with Gasteiger partial charge in [-0.05, 0) is 11.6 Å². The molecule has 46 valence electrons. The number of hydrogen-bond donors (Lipinski definition) is 0. The summed E-state index contributed by atoms with van der Waals surface area (Å²) in [6, 6.07) is 0. The summed E-state index contributed by atoms with van der Waals surface area (Å²) in [5.74, 6) is 0. The number of halogens is 1. The van der Waals surface area contributed by atoms with Crippen LogP contribution in [0.4, 0.5) is 0 Å². The van der Waals surface area contributed by atoms with E-state index in [4.69, 9.17) is 11.6 Å². The molecule has 0 aliphatic rings. The first-order chi connectivity index (χ1) is 3.63. The largest absolute Gasteiger partial charge is 0.281 e. The van der Waals surface area contributed by atoms with Gasteiger partial charge in [-0.25, -0.2) is 0 Å². The van der Waals surface area contributed by atoms with Crippen LogP contribution in [0.5, 0.6) is 0 Å². The van der Waals surface area contributed by atoms with Crippen molar-refractivity contribution in [1.29, 1.82) is 0 Å². The van der Waals surface area contributed by atoms with Crippen LogP contribution in [0, 0.1) is 0 Å². The molecule has 5 heteroatoms. The van der Waals surface area contributed by atoms with E-state index in [9.17, 15) is 13.2 Å². The van der Waals surface area contributed by atoms with E-state index >= 15 is 0 Å². The minimum Gasteiger partial charge on any atom is -0.281 e. The van der Waals surface area contributed by atoms with Crippen molar-refractivity contribution in [3.05, 3.63) is 0 Å². The van der Waals surface area contributed by atoms with Crippen LogP contribution in [0.15, 0.2) is 0 Å². The molecule has 0 aliphatic heterocycles. The van der Waals surface area contributed by atoms with Gasteiger partial charge in [0.25, 0.3) is 0 Å². The molecule has 0 bridgehead atoms. The molecule has 8 heavy (non-hydrogen) atoms. The van der Waals surface area contributed by atoms with E-state index < -0.39 is 15.5 Å². The molecule has 0 aromatic rings. The van der Waals surface area contributed by atoms with Crippen molar-refractivity contribution in [1.82, 2.24) is 0 Å². The summed E-state index contributed by atoms with van der Waals surface area (Å²) < 4.78 is 19.3. The van der Waals surface area contributed by atoms with Crippen molar-refractivity contribution in [2.75, 3.05) is 0 Å². The molecule has 0 spiro atoms. The predicted octanol–water partition coefficient (Wildman–Crippen LogP) is -0.177. The van der Waals surface area contributed by atoms with Crippen molar-refractivity contribution < 1.29 is 13.2 Å². The summed E-state index contributed by atoms with van der Waals surface area (Å²) in [7, 11) is -2.27. The molecule has 0 heterocycles. The third-order valence-corrected chi connectivity index (χ3v) is 0.973. The van der Waals surface area contributed by atoms with E-state index in [0.29, 0.717) is 0 Å². The monoisotopic (exact) mass is 154 g/mol. The molecule has 0 unspecified atom stereocenters. The maximum atomic E-state index is 9.81. The van der Waals surface area contributed by atoms with Crippen molar-refractivity contribution in [3.8, 4) is 0 Å². The molecule has 0 amide bonds. The second kappa shape index (κ2) is 3.63. The van der Waals surface area contributed by atoms with Gasteiger partial charge in [-0.15, -0.1) is 0 Å². The van der Waals surface area contributed by atoms with E-state index in [-0.39, 0.29) is 6.42 Å². The second-order valence-corrected chi connectivity index (χ2v) is 2.26. The first-order valence-electron chi connectivity index (χ1n) is 1.72. The van der Waals surface area contributed by atoms with Crippen molar-refractivity contribution >= 4 is 32.5 Å². The molecule has 0 radical (unpaired) electrons. The number of carbonyl (C=O) groups excluding carboxylic acids is 1. The number of rotatable bonds is 2. The van der Waals surface area contributed by atoms with Crippen LogP contribution < -0.4 is 0 Å². The molecule has 0 atom stereocenters. The fraction of sp³-hybridized carbons (Fsp3) is 0.333. The van der Waals surface area contributed by atoms with E-state index in [1.165, 1.54) is 0 Å². The third-order valence-electron chi connectivity index (χ3n) is 0.380. The lowest BCUT2D eigenvalue weighted by Crippen LogP contribution is -1.85. The van der Waals surface area contributed by atoms with Gasteiger partial charge < -0.3 is 0 Å². The zero-order valence-corrected chi connectivity index (χ0v) is 5.37. The Labute approximate surface area is 52.8 Å². The molecule has 0 fully saturated rings. The third kappa shape index (κ3) is 5.65. The molecule has 0 N–H and O–H groups in total. The second-order valence-electron chi connectivity index (χ2n) is 0.986. The van der Waals surface area contributed by atoms with Gasteiger partial charge in [-0.2, -0.15) is 8.42 Å². The van der Waals surface area contributed by atoms with Crippen LogP contribution in [0.2, 0.25) is 0 Å². The number of carbonyl (C=O) groups is 1. The summed E-state index contributed by atoms with van der Waals surface area (Å²) >= 11 is 4.78. The van der Waals surface area contributed by atoms with Gasteiger partial charge in [0.1, 0.15) is 0 Å². The zero-order chi connectivity index (χ0) is 6.57. The molecule has 0 rings (SSSR count). The fourth-order valence-electron chi connectivity index (χ4n) is 0.134. The van der Waals surface area contributed by atoms with Gasteiger partial charge in [0, 0.05) is 5.37 Å². The van der Waals surface area contributed by atoms with Gasteiger partial charge in [0.05, 0.1) is 6.42 Å². The summed E-state index contributed by atoms with van der Waals surface area (Å²) in [6.07, 6.45) is -0.225. The Hall–Kier alpha value is -0.350. The van der Waals surface area contributed by atoms with E-state index in [0.717, 1.165) is 5.37 Å². The zero-order valence-electron chi connectivity index (χ0n) is 3.80. The van der Waals surface area contributed by atoms with Gasteiger partial charge in [-0.1, -0.05) is 0 Å². The highest BCUT2D eigenvalue weighted by Gasteiger charge is 1.88. The predicted molar refractivity (Wildman–Crippen MR) is 30.5 cm³/mol. The summed E-state index contributed by atoms with van der Waals surface area (Å²) in [5.41, 5.74) is 0. The quantitative estimate of drug-likeness (QED) is 0.410. The number of hydrogen-bond acceptors (Lipinski definition) is 3. The van der Waals surface area contributed by atoms with Crippen LogP contribution in [0.3, 0.4) is 0 Å². The minimum atomic E-state index is -2.27. The van der Waals surface area contributed by atoms with Gasteiger partial charge in [-0.3, -0.25) is 4.79 Å². The highest BCUT2D eigenvalue weighted by atomic mass is 35.5. The van der Waals surface area contributed by atoms with E-state index in [1.807, 2.05) is 0 Å². The minimum absolute atomic E-state index is 0.225. The maximum absolute atomic E-state index is 9.81. The Kier molecular flexibility index (Phi) is 3.47. The lowest BCUT2D eigenvalue weighted by atomic mass is 10.6. The van der Waals surface area contributed by atoms with Crippen molar-refractivity contribution in [2.24, 2.45) is 0 Å². The van der Waals surface area contributed by atoms with E-state index in [1.54, 1.807) is 0 Å². The highest BCUT2D eigenvalue weighted by Crippen LogP contribution is 1.81. The van der Waals surface area contributed by atoms with Crippen LogP contribution in [-0.4, -0.2) is 19.0 Å². The Morgan fingerprint density at radius 1 is 1.62 bits per heavy atom. The lowest BCUT2D eigenvalue weighted by molar-refractivity contribution is -0.110. The molecule has 0 aliphatic carbocycles. The average molecular weight is 155 g/mol. The van der Waals surface area contributed by atoms with Crippen LogP contribution in [0.25, 0.3) is 0 Å². The van der Waals surface area contributed by atoms with Gasteiger partial charge >= 0.3 is 0 Å². The first kappa shape index (κ1) is 7.65. The maximum Gasteiger partial charge on any atom is 0.226 e. The Morgan fingerprint density at radius 2 is 2.12 bits per heavy atom. The van der Waals surface area contributed by atoms with Gasteiger partial charge in [0.15, 0.2) is 0 Å². The van der Waals surface area contributed by atoms with E-state index in [2.05, 4.69) is 0 Å². The highest BCUT2D eigenvalue weighted by molar-refractivity contribution is 7.71. The lowest BCUT2D eigenvalue weighted by Gasteiger charge is -1.70. The SMILES string of the molecule is O=C(Cl)CC=S(=O)=O. The average Bonchev–Trinajstić information content (AvgIpc) is 1.61.